The van der Waals surface area contributed by atoms with Crippen LogP contribution in [-0.4, -0.2) is 37.2 Å². The van der Waals surface area contributed by atoms with Crippen LogP contribution in [0.3, 0.4) is 0 Å². The lowest BCUT2D eigenvalue weighted by Crippen LogP contribution is -2.58. The molecule has 0 aromatic carbocycles. The molecule has 3 unspecified atom stereocenters. The minimum Gasteiger partial charge on any atom is -0.377 e. The highest BCUT2D eigenvalue weighted by Crippen LogP contribution is 2.32. The highest BCUT2D eigenvalue weighted by molar-refractivity contribution is 5.82. The summed E-state index contributed by atoms with van der Waals surface area (Å²) >= 11 is 0. The molecule has 2 aliphatic heterocycles. The van der Waals surface area contributed by atoms with Crippen LogP contribution in [0.4, 0.5) is 0 Å². The zero-order valence-corrected chi connectivity index (χ0v) is 10.3. The van der Waals surface area contributed by atoms with Crippen LogP contribution in [0, 0.1) is 5.92 Å². The Morgan fingerprint density at radius 1 is 1.12 bits per heavy atom. The molecule has 3 aliphatic rings. The number of carbonyl (C=O) groups excluding carboxylic acids is 1. The first-order valence-electron chi connectivity index (χ1n) is 6.97. The molecule has 0 aromatic heterocycles. The summed E-state index contributed by atoms with van der Waals surface area (Å²) in [5.41, 5.74) is 0. The Kier molecular flexibility index (Phi) is 3.34. The fourth-order valence-corrected chi connectivity index (χ4v) is 3.32. The number of rotatable bonds is 2. The summed E-state index contributed by atoms with van der Waals surface area (Å²) in [7, 11) is 0. The fourth-order valence-electron chi connectivity index (χ4n) is 3.32. The van der Waals surface area contributed by atoms with E-state index in [0.717, 1.165) is 12.3 Å². The van der Waals surface area contributed by atoms with Crippen LogP contribution in [-0.2, 0) is 9.53 Å². The van der Waals surface area contributed by atoms with Crippen LogP contribution in [0.1, 0.15) is 38.5 Å². The maximum Gasteiger partial charge on any atom is 0.237 e. The van der Waals surface area contributed by atoms with Crippen LogP contribution >= 0.6 is 0 Å². The molecular formula is C13H22N2O2. The minimum atomic E-state index is 0.0370. The maximum atomic E-state index is 12.0. The van der Waals surface area contributed by atoms with E-state index >= 15 is 0 Å². The van der Waals surface area contributed by atoms with Crippen LogP contribution < -0.4 is 10.6 Å². The van der Waals surface area contributed by atoms with E-state index in [-0.39, 0.29) is 18.0 Å². The molecule has 0 bridgehead atoms. The second kappa shape index (κ2) is 4.94. The van der Waals surface area contributed by atoms with Gasteiger partial charge in [-0.15, -0.1) is 0 Å². The molecule has 0 spiro atoms. The molecule has 2 N–H and O–H groups in total. The second-order valence-electron chi connectivity index (χ2n) is 5.69. The van der Waals surface area contributed by atoms with Crippen LogP contribution in [0.2, 0.25) is 0 Å². The third kappa shape index (κ3) is 2.47. The van der Waals surface area contributed by atoms with Crippen LogP contribution in [0.5, 0.6) is 0 Å². The van der Waals surface area contributed by atoms with Gasteiger partial charge in [-0.25, -0.2) is 0 Å². The molecular weight excluding hydrogens is 216 g/mol. The van der Waals surface area contributed by atoms with Gasteiger partial charge in [0.05, 0.1) is 25.3 Å². The summed E-state index contributed by atoms with van der Waals surface area (Å²) in [6.45, 7) is 1.37. The van der Waals surface area contributed by atoms with Crippen molar-refractivity contribution in [2.24, 2.45) is 5.92 Å². The van der Waals surface area contributed by atoms with Crippen molar-refractivity contribution in [1.82, 2.24) is 10.6 Å². The van der Waals surface area contributed by atoms with E-state index in [1.807, 2.05) is 0 Å². The van der Waals surface area contributed by atoms with E-state index in [1.54, 1.807) is 0 Å². The van der Waals surface area contributed by atoms with Crippen molar-refractivity contribution in [3.63, 3.8) is 0 Å². The number of ether oxygens (including phenoxy) is 1. The van der Waals surface area contributed by atoms with Gasteiger partial charge in [0, 0.05) is 6.04 Å². The summed E-state index contributed by atoms with van der Waals surface area (Å²) in [4.78, 5) is 12.0. The number of nitrogens with one attached hydrogen (secondary N) is 2. The number of hydrogen-bond acceptors (Lipinski definition) is 3. The van der Waals surface area contributed by atoms with Crippen molar-refractivity contribution in [1.29, 1.82) is 0 Å². The maximum absolute atomic E-state index is 12.0. The van der Waals surface area contributed by atoms with E-state index in [2.05, 4.69) is 10.6 Å². The molecule has 96 valence electrons. The van der Waals surface area contributed by atoms with Crippen molar-refractivity contribution in [2.45, 2.75) is 56.7 Å². The van der Waals surface area contributed by atoms with Gasteiger partial charge < -0.3 is 15.4 Å². The molecule has 0 aromatic rings. The second-order valence-corrected chi connectivity index (χ2v) is 5.69. The van der Waals surface area contributed by atoms with Crippen molar-refractivity contribution >= 4 is 5.91 Å². The summed E-state index contributed by atoms with van der Waals surface area (Å²) < 4.78 is 5.07. The Morgan fingerprint density at radius 3 is 2.71 bits per heavy atom. The van der Waals surface area contributed by atoms with E-state index in [4.69, 9.17) is 4.74 Å². The Hall–Kier alpha value is -0.610. The number of amides is 1. The molecule has 1 aliphatic carbocycles. The van der Waals surface area contributed by atoms with E-state index in [0.29, 0.717) is 19.3 Å². The van der Waals surface area contributed by atoms with Gasteiger partial charge in [-0.05, 0) is 31.6 Å². The first-order chi connectivity index (χ1) is 8.33. The van der Waals surface area contributed by atoms with Crippen LogP contribution in [0.25, 0.3) is 0 Å². The third-order valence-electron chi connectivity index (χ3n) is 4.45. The Balaban J connectivity index is 1.52. The number of fused-ring (bicyclic) bond motifs is 1. The molecule has 4 heteroatoms. The normalized spacial score (nSPS) is 38.0. The van der Waals surface area contributed by atoms with Gasteiger partial charge in [-0.3, -0.25) is 4.79 Å². The minimum absolute atomic E-state index is 0.0370. The predicted octanol–water partition coefficient (Wildman–Crippen LogP) is 0.812. The van der Waals surface area contributed by atoms with Gasteiger partial charge in [-0.1, -0.05) is 12.8 Å². The molecule has 4 nitrogen and oxygen atoms in total. The quantitative estimate of drug-likeness (QED) is 0.748. The Bertz CT molecular complexity index is 291. The topological polar surface area (TPSA) is 50.4 Å². The average Bonchev–Trinajstić information content (AvgIpc) is 2.33. The Morgan fingerprint density at radius 2 is 1.94 bits per heavy atom. The number of carbonyl (C=O) groups is 1. The summed E-state index contributed by atoms with van der Waals surface area (Å²) in [5.74, 6) is 1.00. The predicted molar refractivity (Wildman–Crippen MR) is 64.7 cm³/mol. The van der Waals surface area contributed by atoms with Gasteiger partial charge in [0.15, 0.2) is 0 Å². The van der Waals surface area contributed by atoms with Crippen molar-refractivity contribution < 1.29 is 9.53 Å². The lowest BCUT2D eigenvalue weighted by Gasteiger charge is -2.40. The van der Waals surface area contributed by atoms with Crippen molar-refractivity contribution in [3.8, 4) is 0 Å². The molecule has 3 atom stereocenters. The monoisotopic (exact) mass is 238 g/mol. The third-order valence-corrected chi connectivity index (χ3v) is 4.45. The van der Waals surface area contributed by atoms with Crippen molar-refractivity contribution in [2.75, 3.05) is 13.2 Å². The zero-order chi connectivity index (χ0) is 11.7. The molecule has 2 heterocycles. The summed E-state index contributed by atoms with van der Waals surface area (Å²) in [6.07, 6.45) is 7.51. The summed E-state index contributed by atoms with van der Waals surface area (Å²) in [5, 5.41) is 6.61. The summed E-state index contributed by atoms with van der Waals surface area (Å²) in [6, 6.07) is 0.884. The zero-order valence-electron chi connectivity index (χ0n) is 10.3. The number of piperidine rings is 1. The van der Waals surface area contributed by atoms with Gasteiger partial charge in [0.25, 0.3) is 0 Å². The highest BCUT2D eigenvalue weighted by atomic mass is 16.5. The molecule has 0 radical (unpaired) electrons. The van der Waals surface area contributed by atoms with Gasteiger partial charge >= 0.3 is 0 Å². The van der Waals surface area contributed by atoms with Crippen molar-refractivity contribution in [3.05, 3.63) is 0 Å². The molecule has 3 fully saturated rings. The van der Waals surface area contributed by atoms with E-state index in [1.165, 1.54) is 32.1 Å². The van der Waals surface area contributed by atoms with Gasteiger partial charge in [-0.2, -0.15) is 0 Å². The fraction of sp³-hybridized carbons (Fsp3) is 0.923. The van der Waals surface area contributed by atoms with E-state index < -0.39 is 0 Å². The SMILES string of the molecule is O=C(NC1COC1)C1CCC2CCCCC2N1. The van der Waals surface area contributed by atoms with Gasteiger partial charge in [0.2, 0.25) is 5.91 Å². The average molecular weight is 238 g/mol. The first-order valence-corrected chi connectivity index (χ1v) is 6.97. The molecule has 3 rings (SSSR count). The van der Waals surface area contributed by atoms with E-state index in [9.17, 15) is 4.79 Å². The molecule has 1 saturated carbocycles. The number of hydrogen-bond donors (Lipinski definition) is 2. The largest absolute Gasteiger partial charge is 0.377 e. The highest BCUT2D eigenvalue weighted by Gasteiger charge is 2.35. The first kappa shape index (κ1) is 11.5. The molecule has 2 saturated heterocycles. The molecule has 1 amide bonds. The lowest BCUT2D eigenvalue weighted by atomic mass is 9.77. The van der Waals surface area contributed by atoms with Gasteiger partial charge in [0.1, 0.15) is 0 Å². The smallest absolute Gasteiger partial charge is 0.237 e. The lowest BCUT2D eigenvalue weighted by molar-refractivity contribution is -0.128. The Labute approximate surface area is 102 Å². The molecule has 17 heavy (non-hydrogen) atoms. The standard InChI is InChI=1S/C13H22N2O2/c16-13(14-10-7-17-8-10)12-6-5-9-3-1-2-4-11(9)15-12/h9-12,15H,1-8H2,(H,14,16). The van der Waals surface area contributed by atoms with Crippen LogP contribution in [0.15, 0.2) is 0 Å².